The molecule has 2 aromatic rings. The molecule has 11 nitrogen and oxygen atoms in total. The summed E-state index contributed by atoms with van der Waals surface area (Å²) in [5.74, 6) is -1.32. The van der Waals surface area contributed by atoms with Crippen LogP contribution in [-0.4, -0.2) is 67.6 Å². The van der Waals surface area contributed by atoms with Crippen LogP contribution in [0.3, 0.4) is 0 Å². The minimum Gasteiger partial charge on any atom is -0.475 e. The third-order valence-corrected chi connectivity index (χ3v) is 4.23. The molecule has 0 radical (unpaired) electrons. The molecule has 31 heavy (non-hydrogen) atoms. The maximum Gasteiger partial charge on any atom is 0.490 e. The maximum atomic E-state index is 12.0. The molecule has 0 aliphatic carbocycles. The van der Waals surface area contributed by atoms with E-state index in [1.165, 1.54) is 0 Å². The van der Waals surface area contributed by atoms with Crippen LogP contribution in [0.2, 0.25) is 0 Å². The fourth-order valence-corrected chi connectivity index (χ4v) is 2.75. The van der Waals surface area contributed by atoms with Crippen LogP contribution in [0, 0.1) is 5.92 Å². The Balaban J connectivity index is 0.000000423. The fraction of sp³-hybridized carbons (Fsp3) is 0.529. The van der Waals surface area contributed by atoms with Crippen molar-refractivity contribution in [3.05, 3.63) is 24.8 Å². The number of nitrogens with zero attached hydrogens (tertiary/aromatic N) is 6. The predicted molar refractivity (Wildman–Crippen MR) is 103 cm³/mol. The summed E-state index contributed by atoms with van der Waals surface area (Å²) < 4.78 is 33.4. The number of piperidine rings is 1. The van der Waals surface area contributed by atoms with E-state index in [1.807, 2.05) is 13.0 Å². The number of amides is 2. The monoisotopic (exact) mass is 444 g/mol. The van der Waals surface area contributed by atoms with Gasteiger partial charge in [0.1, 0.15) is 6.33 Å². The number of aryl methyl sites for hydroxylation is 1. The van der Waals surface area contributed by atoms with Gasteiger partial charge in [0.2, 0.25) is 11.9 Å². The van der Waals surface area contributed by atoms with E-state index in [2.05, 4.69) is 35.6 Å². The number of halogens is 3. The highest BCUT2D eigenvalue weighted by atomic mass is 19.4. The Bertz CT molecular complexity index is 847. The Morgan fingerprint density at radius 2 is 1.94 bits per heavy atom. The quantitative estimate of drug-likeness (QED) is 0.634. The van der Waals surface area contributed by atoms with Crippen LogP contribution in [0.5, 0.6) is 0 Å². The second-order valence-corrected chi connectivity index (χ2v) is 6.56. The van der Waals surface area contributed by atoms with Gasteiger partial charge < -0.3 is 15.3 Å². The molecular weight excluding hydrogens is 421 g/mol. The van der Waals surface area contributed by atoms with Crippen LogP contribution in [0.15, 0.2) is 24.8 Å². The number of rotatable bonds is 5. The molecule has 0 aromatic carbocycles. The van der Waals surface area contributed by atoms with Crippen LogP contribution in [0.4, 0.5) is 29.9 Å². The molecule has 0 spiro atoms. The van der Waals surface area contributed by atoms with Gasteiger partial charge in [0.05, 0.1) is 0 Å². The maximum absolute atomic E-state index is 12.0. The lowest BCUT2D eigenvalue weighted by atomic mass is 9.98. The Hall–Kier alpha value is -3.45. The molecule has 14 heteroatoms. The molecular formula is C17H23F3N8O3. The topological polar surface area (TPSA) is 138 Å². The number of nitrogens with one attached hydrogen (secondary N) is 2. The van der Waals surface area contributed by atoms with Gasteiger partial charge in [-0.15, -0.1) is 5.10 Å². The van der Waals surface area contributed by atoms with Crippen molar-refractivity contribution in [1.82, 2.24) is 30.0 Å². The van der Waals surface area contributed by atoms with E-state index in [4.69, 9.17) is 9.90 Å². The summed E-state index contributed by atoms with van der Waals surface area (Å²) in [5.41, 5.74) is 0. The van der Waals surface area contributed by atoms with Crippen molar-refractivity contribution in [2.24, 2.45) is 5.92 Å². The van der Waals surface area contributed by atoms with E-state index >= 15 is 0 Å². The zero-order valence-electron chi connectivity index (χ0n) is 16.7. The number of alkyl halides is 3. The van der Waals surface area contributed by atoms with Crippen LogP contribution in [-0.2, 0) is 11.3 Å². The molecule has 1 saturated heterocycles. The van der Waals surface area contributed by atoms with Gasteiger partial charge in [0.25, 0.3) is 0 Å². The van der Waals surface area contributed by atoms with Gasteiger partial charge in [0.15, 0.2) is 0 Å². The van der Waals surface area contributed by atoms with Crippen molar-refractivity contribution in [2.45, 2.75) is 32.5 Å². The second-order valence-electron chi connectivity index (χ2n) is 6.56. The molecule has 3 N–H and O–H groups in total. The average Bonchev–Trinajstić information content (AvgIpc) is 3.20. The largest absolute Gasteiger partial charge is 0.490 e. The van der Waals surface area contributed by atoms with Crippen molar-refractivity contribution < 1.29 is 27.9 Å². The molecule has 3 rings (SSSR count). The zero-order valence-corrected chi connectivity index (χ0v) is 16.7. The Kier molecular flexibility index (Phi) is 8.52. The number of urea groups is 1. The van der Waals surface area contributed by atoms with E-state index in [-0.39, 0.29) is 6.03 Å². The molecule has 1 atom stereocenters. The number of aliphatic carboxylic acids is 1. The predicted octanol–water partition coefficient (Wildman–Crippen LogP) is 1.76. The van der Waals surface area contributed by atoms with Gasteiger partial charge in [0, 0.05) is 38.6 Å². The lowest BCUT2D eigenvalue weighted by Gasteiger charge is -2.32. The zero-order chi connectivity index (χ0) is 22.9. The van der Waals surface area contributed by atoms with E-state index < -0.39 is 12.1 Å². The number of carboxylic acids is 1. The number of carboxylic acid groups (broad SMARTS) is 1. The highest BCUT2D eigenvalue weighted by molar-refractivity contribution is 5.87. The van der Waals surface area contributed by atoms with Crippen molar-refractivity contribution in [2.75, 3.05) is 29.9 Å². The Morgan fingerprint density at radius 1 is 1.26 bits per heavy atom. The first-order valence-electron chi connectivity index (χ1n) is 9.45. The molecule has 3 heterocycles. The Morgan fingerprint density at radius 3 is 2.52 bits per heavy atom. The van der Waals surface area contributed by atoms with Gasteiger partial charge in [-0.2, -0.15) is 13.2 Å². The highest BCUT2D eigenvalue weighted by Crippen LogP contribution is 2.19. The molecule has 1 aliphatic rings. The average molecular weight is 444 g/mol. The van der Waals surface area contributed by atoms with E-state index in [1.54, 1.807) is 23.4 Å². The standard InChI is InChI=1S/C15H22N8O.C2HF3O2/c1-2-23-11-19-13(21-23)20-15(24)18-9-12-5-3-8-22(10-12)14-16-6-4-7-17-14;3-2(4,5)1(6)7/h4,6-7,11-12H,2-3,5,8-10H2,1H3,(H2,18,20,21,24);(H,6,7). The first-order valence-corrected chi connectivity index (χ1v) is 9.45. The lowest BCUT2D eigenvalue weighted by Crippen LogP contribution is -2.42. The molecule has 170 valence electrons. The van der Waals surface area contributed by atoms with Crippen LogP contribution >= 0.6 is 0 Å². The van der Waals surface area contributed by atoms with Gasteiger partial charge in [-0.3, -0.25) is 10.00 Å². The molecule has 1 fully saturated rings. The second kappa shape index (κ2) is 11.1. The number of carbonyl (C=O) groups is 2. The minimum absolute atomic E-state index is 0.281. The van der Waals surface area contributed by atoms with Crippen molar-refractivity contribution in [3.63, 3.8) is 0 Å². The molecule has 1 unspecified atom stereocenters. The van der Waals surface area contributed by atoms with Crippen LogP contribution < -0.4 is 15.5 Å². The van der Waals surface area contributed by atoms with Gasteiger partial charge in [-0.25, -0.2) is 24.5 Å². The summed E-state index contributed by atoms with van der Waals surface area (Å²) in [5, 5.41) is 16.8. The summed E-state index contributed by atoms with van der Waals surface area (Å²) in [4.78, 5) is 35.6. The SMILES string of the molecule is CCn1cnc(NC(=O)NCC2CCCN(c3ncccn3)C2)n1.O=C(O)C(F)(F)F. The molecule has 0 bridgehead atoms. The summed E-state index contributed by atoms with van der Waals surface area (Å²) >= 11 is 0. The number of hydrogen-bond acceptors (Lipinski definition) is 7. The highest BCUT2D eigenvalue weighted by Gasteiger charge is 2.38. The minimum atomic E-state index is -5.08. The fourth-order valence-electron chi connectivity index (χ4n) is 2.75. The van der Waals surface area contributed by atoms with Gasteiger partial charge >= 0.3 is 18.2 Å². The van der Waals surface area contributed by atoms with E-state index in [9.17, 15) is 18.0 Å². The first-order chi connectivity index (χ1) is 14.7. The van der Waals surface area contributed by atoms with Gasteiger partial charge in [-0.1, -0.05) is 0 Å². The summed E-state index contributed by atoms with van der Waals surface area (Å²) in [6.07, 6.45) is 2.15. The number of hydrogen-bond donors (Lipinski definition) is 3. The van der Waals surface area contributed by atoms with Crippen LogP contribution in [0.1, 0.15) is 19.8 Å². The lowest BCUT2D eigenvalue weighted by molar-refractivity contribution is -0.192. The summed E-state index contributed by atoms with van der Waals surface area (Å²) in [6, 6.07) is 1.53. The third kappa shape index (κ3) is 8.06. The van der Waals surface area contributed by atoms with Crippen molar-refractivity contribution in [3.8, 4) is 0 Å². The number of aromatic nitrogens is 5. The first kappa shape index (κ1) is 23.8. The van der Waals surface area contributed by atoms with Gasteiger partial charge in [-0.05, 0) is 31.7 Å². The smallest absolute Gasteiger partial charge is 0.475 e. The summed E-state index contributed by atoms with van der Waals surface area (Å²) in [6.45, 7) is 5.07. The number of anilines is 2. The number of carbonyl (C=O) groups excluding carboxylic acids is 1. The van der Waals surface area contributed by atoms with E-state index in [0.717, 1.165) is 38.4 Å². The molecule has 1 aliphatic heterocycles. The molecule has 2 aromatic heterocycles. The van der Waals surface area contributed by atoms with Crippen molar-refractivity contribution >= 4 is 23.9 Å². The van der Waals surface area contributed by atoms with Crippen LogP contribution in [0.25, 0.3) is 0 Å². The van der Waals surface area contributed by atoms with Crippen molar-refractivity contribution in [1.29, 1.82) is 0 Å². The Labute approximate surface area is 175 Å². The normalized spacial score (nSPS) is 16.1. The third-order valence-electron chi connectivity index (χ3n) is 4.23. The summed E-state index contributed by atoms with van der Waals surface area (Å²) in [7, 11) is 0. The molecule has 2 amide bonds. The van der Waals surface area contributed by atoms with E-state index in [0.29, 0.717) is 18.4 Å². The molecule has 0 saturated carbocycles.